The van der Waals surface area contributed by atoms with Crippen LogP contribution in [0.25, 0.3) is 0 Å². The highest BCUT2D eigenvalue weighted by Crippen LogP contribution is 2.34. The molecule has 1 aliphatic heterocycles. The Kier molecular flexibility index (Phi) is 4.27. The molecule has 1 heterocycles. The highest BCUT2D eigenvalue weighted by molar-refractivity contribution is 8.00. The number of aliphatic hydroxyl groups excluding tert-OH is 1. The standard InChI is InChI=1S/C13H18O2S/c1-10(14)12-4-2-3-5-13(12)16-11-6-8-15-9-7-11/h2-5,10-11,14H,6-9H2,1H3/t10-/m0/s1. The van der Waals surface area contributed by atoms with Crippen LogP contribution in [0.3, 0.4) is 0 Å². The minimum Gasteiger partial charge on any atom is -0.389 e. The number of ether oxygens (including phenoxy) is 1. The third-order valence-electron chi connectivity index (χ3n) is 2.83. The maximum atomic E-state index is 9.70. The molecule has 0 saturated carbocycles. The Morgan fingerprint density at radius 2 is 2.00 bits per heavy atom. The molecule has 1 aromatic rings. The van der Waals surface area contributed by atoms with Crippen molar-refractivity contribution in [2.45, 2.75) is 36.0 Å². The van der Waals surface area contributed by atoms with E-state index in [1.54, 1.807) is 0 Å². The first-order valence-electron chi connectivity index (χ1n) is 5.79. The normalized spacial score (nSPS) is 19.6. The molecular weight excluding hydrogens is 220 g/mol. The Morgan fingerprint density at radius 3 is 2.69 bits per heavy atom. The van der Waals surface area contributed by atoms with E-state index in [-0.39, 0.29) is 6.10 Å². The van der Waals surface area contributed by atoms with Crippen LogP contribution in [0.2, 0.25) is 0 Å². The van der Waals surface area contributed by atoms with Crippen molar-refractivity contribution >= 4 is 11.8 Å². The molecule has 0 spiro atoms. The van der Waals surface area contributed by atoms with Crippen LogP contribution < -0.4 is 0 Å². The van der Waals surface area contributed by atoms with E-state index in [0.717, 1.165) is 31.6 Å². The summed E-state index contributed by atoms with van der Waals surface area (Å²) in [5.74, 6) is 0. The van der Waals surface area contributed by atoms with Crippen LogP contribution in [-0.2, 0) is 4.74 Å². The maximum absolute atomic E-state index is 9.70. The van der Waals surface area contributed by atoms with E-state index in [0.29, 0.717) is 5.25 Å². The molecule has 0 bridgehead atoms. The fourth-order valence-corrected chi connectivity index (χ4v) is 3.23. The lowest BCUT2D eigenvalue weighted by molar-refractivity contribution is 0.1000. The molecule has 3 heteroatoms. The van der Waals surface area contributed by atoms with Gasteiger partial charge in [0.2, 0.25) is 0 Å². The van der Waals surface area contributed by atoms with Crippen molar-refractivity contribution in [1.82, 2.24) is 0 Å². The van der Waals surface area contributed by atoms with E-state index in [4.69, 9.17) is 4.74 Å². The molecular formula is C13H18O2S. The van der Waals surface area contributed by atoms with Crippen LogP contribution in [0, 0.1) is 0 Å². The van der Waals surface area contributed by atoms with Gasteiger partial charge in [-0.2, -0.15) is 0 Å². The van der Waals surface area contributed by atoms with Gasteiger partial charge in [0.25, 0.3) is 0 Å². The summed E-state index contributed by atoms with van der Waals surface area (Å²) in [4.78, 5) is 1.21. The van der Waals surface area contributed by atoms with Gasteiger partial charge in [0.05, 0.1) is 6.10 Å². The van der Waals surface area contributed by atoms with Gasteiger partial charge in [-0.3, -0.25) is 0 Å². The van der Waals surface area contributed by atoms with E-state index in [9.17, 15) is 5.11 Å². The van der Waals surface area contributed by atoms with Crippen LogP contribution in [-0.4, -0.2) is 23.6 Å². The Hall–Kier alpha value is -0.510. The highest BCUT2D eigenvalue weighted by Gasteiger charge is 2.17. The van der Waals surface area contributed by atoms with Gasteiger partial charge in [-0.15, -0.1) is 11.8 Å². The zero-order valence-electron chi connectivity index (χ0n) is 9.56. The minimum absolute atomic E-state index is 0.386. The molecule has 2 rings (SSSR count). The quantitative estimate of drug-likeness (QED) is 0.877. The Bertz CT molecular complexity index is 332. The van der Waals surface area contributed by atoms with Crippen molar-refractivity contribution in [1.29, 1.82) is 0 Å². The fraction of sp³-hybridized carbons (Fsp3) is 0.538. The van der Waals surface area contributed by atoms with Gasteiger partial charge in [-0.1, -0.05) is 18.2 Å². The Morgan fingerprint density at radius 1 is 1.31 bits per heavy atom. The summed E-state index contributed by atoms with van der Waals surface area (Å²) in [6, 6.07) is 8.12. The number of rotatable bonds is 3. The van der Waals surface area contributed by atoms with Gasteiger partial charge in [-0.25, -0.2) is 0 Å². The van der Waals surface area contributed by atoms with E-state index in [2.05, 4.69) is 6.07 Å². The van der Waals surface area contributed by atoms with Crippen LogP contribution in [0.15, 0.2) is 29.2 Å². The zero-order chi connectivity index (χ0) is 11.4. The highest BCUT2D eigenvalue weighted by atomic mass is 32.2. The van der Waals surface area contributed by atoms with E-state index < -0.39 is 0 Å². The summed E-state index contributed by atoms with van der Waals surface area (Å²) in [5.41, 5.74) is 1.04. The van der Waals surface area contributed by atoms with E-state index in [1.807, 2.05) is 36.9 Å². The monoisotopic (exact) mass is 238 g/mol. The van der Waals surface area contributed by atoms with Crippen molar-refractivity contribution < 1.29 is 9.84 Å². The molecule has 16 heavy (non-hydrogen) atoms. The molecule has 0 unspecified atom stereocenters. The summed E-state index contributed by atoms with van der Waals surface area (Å²) in [6.07, 6.45) is 1.83. The van der Waals surface area contributed by atoms with E-state index >= 15 is 0 Å². The molecule has 0 radical (unpaired) electrons. The Labute approximate surface area is 101 Å². The van der Waals surface area contributed by atoms with Gasteiger partial charge in [-0.05, 0) is 31.4 Å². The predicted octanol–water partition coefficient (Wildman–Crippen LogP) is 3.01. The summed E-state index contributed by atoms with van der Waals surface area (Å²) >= 11 is 1.88. The molecule has 2 nitrogen and oxygen atoms in total. The first-order valence-corrected chi connectivity index (χ1v) is 6.66. The van der Waals surface area contributed by atoms with Gasteiger partial charge in [0, 0.05) is 23.4 Å². The van der Waals surface area contributed by atoms with Crippen molar-refractivity contribution in [2.75, 3.05) is 13.2 Å². The first kappa shape index (κ1) is 12.0. The van der Waals surface area contributed by atoms with Crippen LogP contribution in [0.4, 0.5) is 0 Å². The molecule has 88 valence electrons. The molecule has 1 aromatic carbocycles. The van der Waals surface area contributed by atoms with Crippen LogP contribution in [0.1, 0.15) is 31.4 Å². The maximum Gasteiger partial charge on any atom is 0.0772 e. The third-order valence-corrected chi connectivity index (χ3v) is 4.26. The summed E-state index contributed by atoms with van der Waals surface area (Å²) in [7, 11) is 0. The third kappa shape index (κ3) is 3.00. The lowest BCUT2D eigenvalue weighted by atomic mass is 10.1. The molecule has 1 N–H and O–H groups in total. The van der Waals surface area contributed by atoms with Gasteiger partial charge in [0.1, 0.15) is 0 Å². The minimum atomic E-state index is -0.386. The summed E-state index contributed by atoms with van der Waals surface area (Å²) in [6.45, 7) is 3.56. The number of thioether (sulfide) groups is 1. The number of aliphatic hydroxyl groups is 1. The van der Waals surface area contributed by atoms with Crippen molar-refractivity contribution in [2.24, 2.45) is 0 Å². The molecule has 0 amide bonds. The van der Waals surface area contributed by atoms with Crippen LogP contribution >= 0.6 is 11.8 Å². The van der Waals surface area contributed by atoms with Crippen molar-refractivity contribution in [3.8, 4) is 0 Å². The second kappa shape index (κ2) is 5.71. The van der Waals surface area contributed by atoms with Gasteiger partial charge >= 0.3 is 0 Å². The zero-order valence-corrected chi connectivity index (χ0v) is 10.4. The van der Waals surface area contributed by atoms with E-state index in [1.165, 1.54) is 4.90 Å². The predicted molar refractivity (Wildman–Crippen MR) is 66.8 cm³/mol. The van der Waals surface area contributed by atoms with Gasteiger partial charge in [0.15, 0.2) is 0 Å². The smallest absolute Gasteiger partial charge is 0.0772 e. The molecule has 1 saturated heterocycles. The molecule has 1 atom stereocenters. The van der Waals surface area contributed by atoms with Crippen molar-refractivity contribution in [3.05, 3.63) is 29.8 Å². The second-order valence-corrected chi connectivity index (χ2v) is 5.49. The summed E-state index contributed by atoms with van der Waals surface area (Å²) in [5, 5.41) is 10.3. The largest absolute Gasteiger partial charge is 0.389 e. The van der Waals surface area contributed by atoms with Crippen molar-refractivity contribution in [3.63, 3.8) is 0 Å². The summed E-state index contributed by atoms with van der Waals surface area (Å²) < 4.78 is 5.35. The van der Waals surface area contributed by atoms with Gasteiger partial charge < -0.3 is 9.84 Å². The average Bonchev–Trinajstić information content (AvgIpc) is 2.31. The molecule has 0 aliphatic carbocycles. The first-order chi connectivity index (χ1) is 7.77. The SMILES string of the molecule is C[C@H](O)c1ccccc1SC1CCOCC1. The lowest BCUT2D eigenvalue weighted by Crippen LogP contribution is -2.17. The number of hydrogen-bond donors (Lipinski definition) is 1. The second-order valence-electron chi connectivity index (χ2n) is 4.14. The molecule has 1 aliphatic rings. The molecule has 0 aromatic heterocycles. The topological polar surface area (TPSA) is 29.5 Å². The van der Waals surface area contributed by atoms with Crippen LogP contribution in [0.5, 0.6) is 0 Å². The number of benzene rings is 1. The lowest BCUT2D eigenvalue weighted by Gasteiger charge is -2.23. The Balaban J connectivity index is 2.07. The fourth-order valence-electron chi connectivity index (χ4n) is 1.91. The number of hydrogen-bond acceptors (Lipinski definition) is 3. The average molecular weight is 238 g/mol. The molecule has 1 fully saturated rings.